The SMILES string of the molecule is O=C(NCCc1ccccc1F)N1CCCN(CC(F)(F)F)CC1. The van der Waals surface area contributed by atoms with Crippen LogP contribution >= 0.6 is 0 Å². The first-order valence-electron chi connectivity index (χ1n) is 7.90. The number of amides is 2. The molecule has 0 atom stereocenters. The number of nitrogens with one attached hydrogen (secondary N) is 1. The van der Waals surface area contributed by atoms with Crippen LogP contribution in [0.5, 0.6) is 0 Å². The van der Waals surface area contributed by atoms with E-state index in [1.54, 1.807) is 18.2 Å². The number of hydrogen-bond donors (Lipinski definition) is 1. The molecule has 0 spiro atoms. The third kappa shape index (κ3) is 5.99. The number of benzene rings is 1. The van der Waals surface area contributed by atoms with Crippen LogP contribution < -0.4 is 5.32 Å². The summed E-state index contributed by atoms with van der Waals surface area (Å²) >= 11 is 0. The van der Waals surface area contributed by atoms with Crippen molar-refractivity contribution in [3.63, 3.8) is 0 Å². The molecule has 1 aromatic carbocycles. The first-order chi connectivity index (χ1) is 11.3. The number of urea groups is 1. The van der Waals surface area contributed by atoms with E-state index in [0.717, 1.165) is 0 Å². The molecule has 2 amide bonds. The van der Waals surface area contributed by atoms with Gasteiger partial charge in [-0.15, -0.1) is 0 Å². The molecule has 134 valence electrons. The van der Waals surface area contributed by atoms with Crippen molar-refractivity contribution in [3.8, 4) is 0 Å². The van der Waals surface area contributed by atoms with Crippen molar-refractivity contribution in [2.45, 2.75) is 19.0 Å². The van der Waals surface area contributed by atoms with Gasteiger partial charge >= 0.3 is 12.2 Å². The first-order valence-corrected chi connectivity index (χ1v) is 7.90. The highest BCUT2D eigenvalue weighted by molar-refractivity contribution is 5.74. The van der Waals surface area contributed by atoms with Crippen molar-refractivity contribution in [2.75, 3.05) is 39.3 Å². The zero-order valence-electron chi connectivity index (χ0n) is 13.3. The van der Waals surface area contributed by atoms with E-state index in [4.69, 9.17) is 0 Å². The van der Waals surface area contributed by atoms with Crippen LogP contribution in [0.25, 0.3) is 0 Å². The Morgan fingerprint density at radius 3 is 2.58 bits per heavy atom. The van der Waals surface area contributed by atoms with Crippen molar-refractivity contribution in [2.24, 2.45) is 0 Å². The number of carbonyl (C=O) groups is 1. The van der Waals surface area contributed by atoms with Gasteiger partial charge in [-0.3, -0.25) is 4.90 Å². The zero-order valence-corrected chi connectivity index (χ0v) is 13.3. The molecule has 4 nitrogen and oxygen atoms in total. The highest BCUT2D eigenvalue weighted by Crippen LogP contribution is 2.17. The van der Waals surface area contributed by atoms with Gasteiger partial charge in [0.15, 0.2) is 0 Å². The Hall–Kier alpha value is -1.83. The molecule has 24 heavy (non-hydrogen) atoms. The Morgan fingerprint density at radius 1 is 1.12 bits per heavy atom. The molecule has 2 rings (SSSR count). The third-order valence-corrected chi connectivity index (χ3v) is 3.91. The highest BCUT2D eigenvalue weighted by Gasteiger charge is 2.31. The van der Waals surface area contributed by atoms with Gasteiger partial charge in [0.2, 0.25) is 0 Å². The van der Waals surface area contributed by atoms with E-state index in [0.29, 0.717) is 31.5 Å². The topological polar surface area (TPSA) is 35.6 Å². The van der Waals surface area contributed by atoms with Crippen molar-refractivity contribution >= 4 is 6.03 Å². The van der Waals surface area contributed by atoms with E-state index in [9.17, 15) is 22.4 Å². The number of nitrogens with zero attached hydrogens (tertiary/aromatic N) is 2. The van der Waals surface area contributed by atoms with Crippen LogP contribution in [0.3, 0.4) is 0 Å². The Labute approximate surface area is 138 Å². The molecular formula is C16H21F4N3O. The van der Waals surface area contributed by atoms with Gasteiger partial charge in [0.25, 0.3) is 0 Å². The lowest BCUT2D eigenvalue weighted by molar-refractivity contribution is -0.145. The second kappa shape index (κ2) is 8.32. The van der Waals surface area contributed by atoms with Gasteiger partial charge in [0, 0.05) is 32.7 Å². The van der Waals surface area contributed by atoms with E-state index in [1.165, 1.54) is 15.9 Å². The van der Waals surface area contributed by atoms with Crippen LogP contribution in [-0.4, -0.2) is 61.3 Å². The summed E-state index contributed by atoms with van der Waals surface area (Å²) in [5.74, 6) is -0.315. The molecular weight excluding hydrogens is 326 g/mol. The maximum Gasteiger partial charge on any atom is 0.401 e. The second-order valence-electron chi connectivity index (χ2n) is 5.81. The molecule has 0 bridgehead atoms. The molecule has 1 aromatic rings. The molecule has 1 aliphatic heterocycles. The number of carbonyl (C=O) groups excluding carboxylic acids is 1. The van der Waals surface area contributed by atoms with Crippen molar-refractivity contribution < 1.29 is 22.4 Å². The fourth-order valence-electron chi connectivity index (χ4n) is 2.70. The third-order valence-electron chi connectivity index (χ3n) is 3.91. The minimum atomic E-state index is -4.23. The lowest BCUT2D eigenvalue weighted by Crippen LogP contribution is -2.43. The minimum Gasteiger partial charge on any atom is -0.338 e. The van der Waals surface area contributed by atoms with E-state index in [1.807, 2.05) is 0 Å². The van der Waals surface area contributed by atoms with Crippen molar-refractivity contribution in [3.05, 3.63) is 35.6 Å². The number of rotatable bonds is 4. The van der Waals surface area contributed by atoms with Gasteiger partial charge in [-0.1, -0.05) is 18.2 Å². The molecule has 1 N–H and O–H groups in total. The van der Waals surface area contributed by atoms with Gasteiger partial charge in [-0.2, -0.15) is 13.2 Å². The lowest BCUT2D eigenvalue weighted by Gasteiger charge is -2.23. The summed E-state index contributed by atoms with van der Waals surface area (Å²) < 4.78 is 50.8. The minimum absolute atomic E-state index is 0.195. The molecule has 0 unspecified atom stereocenters. The van der Waals surface area contributed by atoms with Gasteiger partial charge in [0.05, 0.1) is 6.54 Å². The molecule has 1 fully saturated rings. The van der Waals surface area contributed by atoms with E-state index in [-0.39, 0.29) is 31.5 Å². The maximum atomic E-state index is 13.5. The monoisotopic (exact) mass is 347 g/mol. The predicted molar refractivity (Wildman–Crippen MR) is 82.2 cm³/mol. The maximum absolute atomic E-state index is 13.5. The van der Waals surface area contributed by atoms with Crippen LogP contribution in [-0.2, 0) is 6.42 Å². The molecule has 1 heterocycles. The predicted octanol–water partition coefficient (Wildman–Crippen LogP) is 2.65. The Morgan fingerprint density at radius 2 is 1.88 bits per heavy atom. The van der Waals surface area contributed by atoms with Crippen LogP contribution in [0.2, 0.25) is 0 Å². The standard InChI is InChI=1S/C16H21F4N3O/c17-14-5-2-1-4-13(14)6-7-21-15(24)23-9-3-8-22(10-11-23)12-16(18,19)20/h1-2,4-5H,3,6-12H2,(H,21,24). The summed E-state index contributed by atoms with van der Waals surface area (Å²) in [6, 6.07) is 6.02. The molecule has 0 saturated carbocycles. The normalized spacial score (nSPS) is 16.8. The molecule has 1 aliphatic rings. The molecule has 0 aromatic heterocycles. The summed E-state index contributed by atoms with van der Waals surface area (Å²) in [4.78, 5) is 14.9. The lowest BCUT2D eigenvalue weighted by atomic mass is 10.1. The summed E-state index contributed by atoms with van der Waals surface area (Å²) in [6.45, 7) is 0.512. The Bertz CT molecular complexity index is 550. The van der Waals surface area contributed by atoms with E-state index in [2.05, 4.69) is 5.32 Å². The summed E-state index contributed by atoms with van der Waals surface area (Å²) in [5.41, 5.74) is 0.519. The van der Waals surface area contributed by atoms with Gasteiger partial charge in [-0.25, -0.2) is 9.18 Å². The van der Waals surface area contributed by atoms with Crippen LogP contribution in [0.15, 0.2) is 24.3 Å². The van der Waals surface area contributed by atoms with Crippen LogP contribution in [0.1, 0.15) is 12.0 Å². The van der Waals surface area contributed by atoms with E-state index < -0.39 is 12.7 Å². The fourth-order valence-corrected chi connectivity index (χ4v) is 2.70. The van der Waals surface area contributed by atoms with Crippen molar-refractivity contribution in [1.29, 1.82) is 0 Å². The number of alkyl halides is 3. The fraction of sp³-hybridized carbons (Fsp3) is 0.562. The van der Waals surface area contributed by atoms with E-state index >= 15 is 0 Å². The zero-order chi connectivity index (χ0) is 17.6. The average molecular weight is 347 g/mol. The van der Waals surface area contributed by atoms with Crippen LogP contribution in [0.4, 0.5) is 22.4 Å². The summed E-state index contributed by atoms with van der Waals surface area (Å²) in [5, 5.41) is 2.70. The summed E-state index contributed by atoms with van der Waals surface area (Å²) in [7, 11) is 0. The first kappa shape index (κ1) is 18.5. The quantitative estimate of drug-likeness (QED) is 0.850. The Balaban J connectivity index is 1.75. The van der Waals surface area contributed by atoms with Gasteiger partial charge < -0.3 is 10.2 Å². The summed E-state index contributed by atoms with van der Waals surface area (Å²) in [6.07, 6.45) is -3.36. The second-order valence-corrected chi connectivity index (χ2v) is 5.81. The average Bonchev–Trinajstić information content (AvgIpc) is 2.73. The van der Waals surface area contributed by atoms with Gasteiger partial charge in [-0.05, 0) is 24.5 Å². The number of hydrogen-bond acceptors (Lipinski definition) is 2. The number of halogens is 4. The largest absolute Gasteiger partial charge is 0.401 e. The van der Waals surface area contributed by atoms with Gasteiger partial charge in [0.1, 0.15) is 5.82 Å². The van der Waals surface area contributed by atoms with Crippen molar-refractivity contribution in [1.82, 2.24) is 15.1 Å². The molecule has 0 radical (unpaired) electrons. The van der Waals surface area contributed by atoms with Crippen LogP contribution in [0, 0.1) is 5.82 Å². The highest BCUT2D eigenvalue weighted by atomic mass is 19.4. The molecule has 1 saturated heterocycles. The smallest absolute Gasteiger partial charge is 0.338 e. The molecule has 8 heteroatoms. The Kier molecular flexibility index (Phi) is 6.42. The molecule has 0 aliphatic carbocycles.